The number of fused-ring (bicyclic) bond motifs is 1. The summed E-state index contributed by atoms with van der Waals surface area (Å²) < 4.78 is 28.6. The fraction of sp³-hybridized carbons (Fsp3) is 0.343. The Hall–Kier alpha value is -4.82. The molecule has 14 heteroatoms. The molecular formula is C35H37ClN2O11. The van der Waals surface area contributed by atoms with Gasteiger partial charge in [0.05, 0.1) is 11.0 Å². The summed E-state index contributed by atoms with van der Waals surface area (Å²) in [6.07, 6.45) is -2.87. The van der Waals surface area contributed by atoms with Crippen molar-refractivity contribution in [1.29, 1.82) is 0 Å². The van der Waals surface area contributed by atoms with E-state index in [1.54, 1.807) is 32.9 Å². The van der Waals surface area contributed by atoms with E-state index in [0.29, 0.717) is 12.0 Å². The number of H-pyrrole nitrogens is 1. The van der Waals surface area contributed by atoms with Gasteiger partial charge in [-0.3, -0.25) is 4.79 Å². The summed E-state index contributed by atoms with van der Waals surface area (Å²) in [6.45, 7) is 8.92. The van der Waals surface area contributed by atoms with Gasteiger partial charge in [0.25, 0.3) is 5.91 Å². The first-order valence-corrected chi connectivity index (χ1v) is 15.7. The number of esters is 1. The Balaban J connectivity index is 1.40. The lowest BCUT2D eigenvalue weighted by Crippen LogP contribution is -2.65. The van der Waals surface area contributed by atoms with E-state index in [0.717, 1.165) is 11.3 Å². The number of benzene rings is 2. The average molecular weight is 697 g/mol. The number of phenols is 1. The minimum absolute atomic E-state index is 0.00573. The number of halogens is 1. The van der Waals surface area contributed by atoms with Gasteiger partial charge >= 0.3 is 11.6 Å². The first-order valence-electron chi connectivity index (χ1n) is 15.3. The van der Waals surface area contributed by atoms with Crippen molar-refractivity contribution in [3.63, 3.8) is 0 Å². The second-order valence-corrected chi connectivity index (χ2v) is 12.8. The lowest BCUT2D eigenvalue weighted by molar-refractivity contribution is -0.305. The van der Waals surface area contributed by atoms with E-state index in [1.807, 2.05) is 19.9 Å². The molecule has 49 heavy (non-hydrogen) atoms. The molecule has 0 radical (unpaired) electrons. The maximum Gasteiger partial charge on any atom is 0.364 e. The predicted molar refractivity (Wildman–Crippen MR) is 179 cm³/mol. The van der Waals surface area contributed by atoms with Crippen molar-refractivity contribution in [2.24, 2.45) is 0 Å². The monoisotopic (exact) mass is 696 g/mol. The lowest BCUT2D eigenvalue weighted by atomic mass is 9.89. The number of anilines is 1. The first kappa shape index (κ1) is 35.5. The molecule has 0 saturated carbocycles. The van der Waals surface area contributed by atoms with Gasteiger partial charge < -0.3 is 49.0 Å². The summed E-state index contributed by atoms with van der Waals surface area (Å²) in [5.41, 5.74) is -0.464. The molecule has 13 nitrogen and oxygen atoms in total. The van der Waals surface area contributed by atoms with Crippen LogP contribution in [0.2, 0.25) is 5.02 Å². The van der Waals surface area contributed by atoms with Crippen molar-refractivity contribution in [1.82, 2.24) is 4.98 Å². The van der Waals surface area contributed by atoms with E-state index >= 15 is 0 Å². The first-order chi connectivity index (χ1) is 23.1. The zero-order valence-corrected chi connectivity index (χ0v) is 28.4. The molecule has 2 aromatic carbocycles. The van der Waals surface area contributed by atoms with E-state index < -0.39 is 59.1 Å². The molecule has 1 fully saturated rings. The van der Waals surface area contributed by atoms with Crippen molar-refractivity contribution in [2.45, 2.75) is 71.2 Å². The number of aliphatic hydroxyl groups excluding tert-OH is 1. The molecule has 0 bridgehead atoms. The van der Waals surface area contributed by atoms with Gasteiger partial charge in [-0.25, -0.2) is 9.59 Å². The van der Waals surface area contributed by atoms with Gasteiger partial charge in [-0.15, -0.1) is 0 Å². The Labute approximate surface area is 286 Å². The van der Waals surface area contributed by atoms with E-state index in [-0.39, 0.29) is 38.7 Å². The van der Waals surface area contributed by atoms with Gasteiger partial charge in [-0.1, -0.05) is 23.3 Å². The number of rotatable bonds is 9. The molecule has 0 aliphatic carbocycles. The molecule has 260 valence electrons. The van der Waals surface area contributed by atoms with Crippen molar-refractivity contribution < 1.29 is 48.3 Å². The molecule has 1 saturated heterocycles. The maximum atomic E-state index is 13.1. The zero-order chi connectivity index (χ0) is 35.8. The highest BCUT2D eigenvalue weighted by Crippen LogP contribution is 2.41. The number of aliphatic hydroxyl groups is 1. The number of aromatic amines is 1. The molecular weight excluding hydrogens is 660 g/mol. The van der Waals surface area contributed by atoms with E-state index in [1.165, 1.54) is 37.4 Å². The van der Waals surface area contributed by atoms with Crippen molar-refractivity contribution in [3.05, 3.63) is 92.1 Å². The third kappa shape index (κ3) is 7.30. The Morgan fingerprint density at radius 3 is 2.51 bits per heavy atom. The highest BCUT2D eigenvalue weighted by molar-refractivity contribution is 6.36. The second kappa shape index (κ2) is 14.0. The number of aryl methyl sites for hydroxylation is 1. The number of amides is 1. The average Bonchev–Trinajstić information content (AvgIpc) is 3.48. The Morgan fingerprint density at radius 2 is 1.86 bits per heavy atom. The number of hydrogen-bond donors (Lipinski definition) is 5. The van der Waals surface area contributed by atoms with E-state index in [2.05, 4.69) is 10.3 Å². The fourth-order valence-electron chi connectivity index (χ4n) is 5.53. The highest BCUT2D eigenvalue weighted by atomic mass is 35.5. The fourth-order valence-corrected chi connectivity index (χ4v) is 5.78. The van der Waals surface area contributed by atoms with Crippen LogP contribution in [0.1, 0.15) is 59.8 Å². The lowest BCUT2D eigenvalue weighted by Gasteiger charge is -2.47. The summed E-state index contributed by atoms with van der Waals surface area (Å²) in [5.74, 6) is -2.16. The SMILES string of the molecule is CO[C@@H]1[C@H](OC(=O)c2ccc(C)[nH]2)[C@@H](O)[C@H](Oc2ccc3c(O)c(NC(=O)c4ccc(O)c(CC=C(C)C)c4)c(=O)oc3c2Cl)OC1(C)C. The number of aromatic hydroxyl groups is 2. The van der Waals surface area contributed by atoms with Gasteiger partial charge in [0.2, 0.25) is 6.29 Å². The van der Waals surface area contributed by atoms with E-state index in [4.69, 9.17) is 35.0 Å². The highest BCUT2D eigenvalue weighted by Gasteiger charge is 2.53. The number of allylic oxidation sites excluding steroid dienone is 2. The number of carbonyl (C=O) groups is 2. The third-order valence-electron chi connectivity index (χ3n) is 8.07. The van der Waals surface area contributed by atoms with Gasteiger partial charge in [0.15, 0.2) is 29.2 Å². The Kier molecular flexibility index (Phi) is 10.1. The molecule has 4 aromatic rings. The van der Waals surface area contributed by atoms with Gasteiger partial charge in [-0.2, -0.15) is 0 Å². The van der Waals surface area contributed by atoms with Crippen molar-refractivity contribution in [2.75, 3.05) is 12.4 Å². The van der Waals surface area contributed by atoms with Crippen LogP contribution >= 0.6 is 11.6 Å². The smallest absolute Gasteiger partial charge is 0.364 e. The van der Waals surface area contributed by atoms with Crippen LogP contribution in [0.4, 0.5) is 5.69 Å². The molecule has 5 rings (SSSR count). The van der Waals surface area contributed by atoms with Gasteiger partial charge in [0.1, 0.15) is 28.3 Å². The molecule has 1 aliphatic rings. The Morgan fingerprint density at radius 1 is 1.12 bits per heavy atom. The number of aromatic nitrogens is 1. The number of carbonyl (C=O) groups excluding carboxylic acids is 2. The minimum atomic E-state index is -1.56. The second-order valence-electron chi connectivity index (χ2n) is 12.4. The summed E-state index contributed by atoms with van der Waals surface area (Å²) in [7, 11) is 1.39. The van der Waals surface area contributed by atoms with Crippen molar-refractivity contribution >= 4 is 40.1 Å². The van der Waals surface area contributed by atoms with Crippen LogP contribution in [0, 0.1) is 6.92 Å². The molecule has 2 aromatic heterocycles. The Bertz CT molecular complexity index is 1990. The largest absolute Gasteiger partial charge is 0.508 e. The molecule has 0 unspecified atom stereocenters. The maximum absolute atomic E-state index is 13.1. The van der Waals surface area contributed by atoms with Crippen LogP contribution in [-0.2, 0) is 20.6 Å². The normalized spacial score (nSPS) is 20.1. The summed E-state index contributed by atoms with van der Waals surface area (Å²) in [4.78, 5) is 41.9. The summed E-state index contributed by atoms with van der Waals surface area (Å²) >= 11 is 6.58. The topological polar surface area (TPSA) is 190 Å². The third-order valence-corrected chi connectivity index (χ3v) is 8.43. The number of phenolic OH excluding ortho intramolecular Hbond substituents is 1. The number of methoxy groups -OCH3 is 1. The van der Waals surface area contributed by atoms with Gasteiger partial charge in [0, 0.05) is 18.4 Å². The van der Waals surface area contributed by atoms with Crippen LogP contribution < -0.4 is 15.7 Å². The molecule has 1 amide bonds. The zero-order valence-electron chi connectivity index (χ0n) is 27.6. The minimum Gasteiger partial charge on any atom is -0.508 e. The van der Waals surface area contributed by atoms with Crippen LogP contribution in [0.25, 0.3) is 11.0 Å². The van der Waals surface area contributed by atoms with Crippen LogP contribution in [-0.4, -0.2) is 69.5 Å². The van der Waals surface area contributed by atoms with E-state index in [9.17, 15) is 29.7 Å². The summed E-state index contributed by atoms with van der Waals surface area (Å²) in [6, 6.07) is 10.2. The predicted octanol–water partition coefficient (Wildman–Crippen LogP) is 5.37. The molecule has 4 atom stereocenters. The van der Waals surface area contributed by atoms with Crippen molar-refractivity contribution in [3.8, 4) is 17.2 Å². The molecule has 3 heterocycles. The quantitative estimate of drug-likeness (QED) is 0.0859. The standard InChI is InChI=1S/C35H37ClN2O11/c1-16(2)7-9-18-15-19(10-13-22(18)39)31(42)38-25-26(40)20-11-14-23(24(36)28(20)47-33(25)44)46-34-27(41)29(30(45-6)35(4,5)49-34)48-32(43)21-12-8-17(3)37-21/h7-8,10-15,27,29-30,34,37,39-41H,9H2,1-6H3,(H,38,42)/t27-,29-,30-,34-/m1/s1. The molecule has 0 spiro atoms. The molecule has 5 N–H and O–H groups in total. The van der Waals surface area contributed by atoms with Gasteiger partial charge in [-0.05, 0) is 89.1 Å². The number of ether oxygens (including phenoxy) is 4. The molecule has 1 aliphatic heterocycles. The number of hydrogen-bond acceptors (Lipinski definition) is 11. The van der Waals surface area contributed by atoms with Crippen LogP contribution in [0.3, 0.4) is 0 Å². The van der Waals surface area contributed by atoms with Crippen LogP contribution in [0.5, 0.6) is 17.2 Å². The summed E-state index contributed by atoms with van der Waals surface area (Å²) in [5, 5.41) is 34.6. The van der Waals surface area contributed by atoms with Crippen LogP contribution in [0.15, 0.2) is 63.3 Å². The number of nitrogens with one attached hydrogen (secondary N) is 2.